The summed E-state index contributed by atoms with van der Waals surface area (Å²) < 4.78 is 12.6. The van der Waals surface area contributed by atoms with E-state index in [0.717, 1.165) is 110 Å². The Balaban J connectivity index is 1.01. The number of fused-ring (bicyclic) bond motifs is 9. The molecule has 0 atom stereocenters. The molecule has 0 unspecified atom stereocenters. The van der Waals surface area contributed by atoms with Gasteiger partial charge in [-0.25, -0.2) is 15.0 Å². The highest BCUT2D eigenvalue weighted by Gasteiger charge is 2.19. The first-order valence-corrected chi connectivity index (χ1v) is 20.8. The van der Waals surface area contributed by atoms with Crippen LogP contribution < -0.4 is 0 Å². The predicted octanol–water partition coefficient (Wildman–Crippen LogP) is 15.5. The standard InChI is InChI=1S/C57H33N3O2/c1-2-11-34(12-3-1)36-23-21-35-22-25-38(30-40(35)29-36)55-58-56(39-26-24-37-32-49-45-15-6-8-18-50(45)62-53(49)33-41(37)31-39)60-57(59-55)47-28-27-44(42-13-4-5-14-43(42)47)46-17-10-20-52-54(46)48-16-7-9-19-51(48)61-52/h1-33H. The van der Waals surface area contributed by atoms with Gasteiger partial charge in [0.2, 0.25) is 0 Å². The van der Waals surface area contributed by atoms with E-state index < -0.39 is 0 Å². The van der Waals surface area contributed by atoms with Crippen LogP contribution in [0, 0.1) is 0 Å². The molecule has 3 aromatic heterocycles. The van der Waals surface area contributed by atoms with Crippen molar-refractivity contribution in [2.45, 2.75) is 0 Å². The Bertz CT molecular complexity index is 3940. The van der Waals surface area contributed by atoms with Gasteiger partial charge in [0.25, 0.3) is 0 Å². The van der Waals surface area contributed by atoms with Crippen LogP contribution in [0.25, 0.3) is 133 Å². The summed E-state index contributed by atoms with van der Waals surface area (Å²) in [5, 5.41) is 11.0. The van der Waals surface area contributed by atoms with Crippen LogP contribution in [-0.4, -0.2) is 15.0 Å². The van der Waals surface area contributed by atoms with Crippen molar-refractivity contribution in [3.8, 4) is 56.4 Å². The van der Waals surface area contributed by atoms with Gasteiger partial charge in [-0.1, -0.05) is 146 Å². The Kier molecular flexibility index (Phi) is 7.54. The van der Waals surface area contributed by atoms with E-state index >= 15 is 0 Å². The number of hydrogen-bond donors (Lipinski definition) is 0. The molecule has 13 rings (SSSR count). The normalized spacial score (nSPS) is 11.9. The zero-order valence-corrected chi connectivity index (χ0v) is 33.2. The molecule has 3 heterocycles. The summed E-state index contributed by atoms with van der Waals surface area (Å²) >= 11 is 0. The molecule has 0 radical (unpaired) electrons. The fourth-order valence-corrected chi connectivity index (χ4v) is 9.29. The number of para-hydroxylation sites is 2. The molecule has 0 aliphatic rings. The average molecular weight is 792 g/mol. The number of furan rings is 2. The Morgan fingerprint density at radius 1 is 0.258 bits per heavy atom. The summed E-state index contributed by atoms with van der Waals surface area (Å²) in [7, 11) is 0. The first-order valence-electron chi connectivity index (χ1n) is 20.8. The van der Waals surface area contributed by atoms with Crippen LogP contribution in [0.3, 0.4) is 0 Å². The lowest BCUT2D eigenvalue weighted by atomic mass is 9.92. The van der Waals surface area contributed by atoms with Crippen LogP contribution in [0.1, 0.15) is 0 Å². The number of nitrogens with zero attached hydrogens (tertiary/aromatic N) is 3. The van der Waals surface area contributed by atoms with Gasteiger partial charge >= 0.3 is 0 Å². The number of aromatic nitrogens is 3. The van der Waals surface area contributed by atoms with Crippen LogP contribution in [0.4, 0.5) is 0 Å². The van der Waals surface area contributed by atoms with Gasteiger partial charge in [0.1, 0.15) is 22.3 Å². The smallest absolute Gasteiger partial charge is 0.164 e. The second kappa shape index (κ2) is 13.6. The fraction of sp³-hybridized carbons (Fsp3) is 0. The summed E-state index contributed by atoms with van der Waals surface area (Å²) in [6, 6.07) is 70.0. The van der Waals surface area contributed by atoms with E-state index in [0.29, 0.717) is 17.5 Å². The zero-order valence-electron chi connectivity index (χ0n) is 33.2. The first-order chi connectivity index (χ1) is 30.7. The average Bonchev–Trinajstić information content (AvgIpc) is 3.90. The van der Waals surface area contributed by atoms with Crippen LogP contribution in [0.2, 0.25) is 0 Å². The third-order valence-corrected chi connectivity index (χ3v) is 12.3. The molecule has 5 nitrogen and oxygen atoms in total. The van der Waals surface area contributed by atoms with E-state index in [9.17, 15) is 0 Å². The number of hydrogen-bond acceptors (Lipinski definition) is 5. The molecule has 0 N–H and O–H groups in total. The maximum Gasteiger partial charge on any atom is 0.164 e. The van der Waals surface area contributed by atoms with Gasteiger partial charge in [0, 0.05) is 38.2 Å². The Hall–Kier alpha value is -8.41. The molecule has 5 heteroatoms. The minimum absolute atomic E-state index is 0.595. The van der Waals surface area contributed by atoms with Gasteiger partial charge in [-0.2, -0.15) is 0 Å². The van der Waals surface area contributed by atoms with Crippen molar-refractivity contribution in [2.24, 2.45) is 0 Å². The van der Waals surface area contributed by atoms with E-state index in [-0.39, 0.29) is 0 Å². The maximum atomic E-state index is 6.32. The highest BCUT2D eigenvalue weighted by Crippen LogP contribution is 2.42. The van der Waals surface area contributed by atoms with Crippen LogP contribution in [-0.2, 0) is 0 Å². The van der Waals surface area contributed by atoms with E-state index in [4.69, 9.17) is 23.8 Å². The van der Waals surface area contributed by atoms with Crippen molar-refractivity contribution in [2.75, 3.05) is 0 Å². The first kappa shape index (κ1) is 34.5. The highest BCUT2D eigenvalue weighted by molar-refractivity contribution is 6.16. The topological polar surface area (TPSA) is 65.0 Å². The summed E-state index contributed by atoms with van der Waals surface area (Å²) in [6.45, 7) is 0. The molecule has 0 bridgehead atoms. The summed E-state index contributed by atoms with van der Waals surface area (Å²) in [5.41, 5.74) is 10.8. The quantitative estimate of drug-likeness (QED) is 0.174. The van der Waals surface area contributed by atoms with Crippen molar-refractivity contribution in [3.63, 3.8) is 0 Å². The Morgan fingerprint density at radius 2 is 0.806 bits per heavy atom. The van der Waals surface area contributed by atoms with Crippen molar-refractivity contribution in [1.82, 2.24) is 15.0 Å². The molecule has 288 valence electrons. The van der Waals surface area contributed by atoms with Crippen molar-refractivity contribution in [1.29, 1.82) is 0 Å². The number of rotatable bonds is 5. The van der Waals surface area contributed by atoms with Gasteiger partial charge in [-0.15, -0.1) is 0 Å². The molecule has 0 spiro atoms. The predicted molar refractivity (Wildman–Crippen MR) is 254 cm³/mol. The molecule has 0 fully saturated rings. The van der Waals surface area contributed by atoms with Crippen molar-refractivity contribution in [3.05, 3.63) is 200 Å². The SMILES string of the molecule is c1ccc(-c2ccc3ccc(-c4nc(-c5ccc6cc7c(cc6c5)oc5ccccc57)nc(-c5ccc(-c6cccc7oc8ccccc8c67)c6ccccc56)n4)cc3c2)cc1. The molecule has 0 saturated carbocycles. The lowest BCUT2D eigenvalue weighted by Crippen LogP contribution is -2.01. The lowest BCUT2D eigenvalue weighted by Gasteiger charge is -2.14. The van der Waals surface area contributed by atoms with Gasteiger partial charge in [0.05, 0.1) is 0 Å². The molecule has 0 saturated heterocycles. The Morgan fingerprint density at radius 3 is 1.58 bits per heavy atom. The summed E-state index contributed by atoms with van der Waals surface area (Å²) in [5.74, 6) is 1.80. The van der Waals surface area contributed by atoms with Gasteiger partial charge in [-0.05, 0) is 109 Å². The lowest BCUT2D eigenvalue weighted by molar-refractivity contribution is 0.669. The van der Waals surface area contributed by atoms with Crippen molar-refractivity contribution >= 4 is 76.2 Å². The monoisotopic (exact) mass is 791 g/mol. The minimum atomic E-state index is 0.595. The van der Waals surface area contributed by atoms with Crippen molar-refractivity contribution < 1.29 is 8.83 Å². The maximum absolute atomic E-state index is 6.32. The second-order valence-electron chi connectivity index (χ2n) is 15.9. The zero-order chi connectivity index (χ0) is 40.7. The van der Waals surface area contributed by atoms with Crippen LogP contribution >= 0.6 is 0 Å². The van der Waals surface area contributed by atoms with Gasteiger partial charge in [0.15, 0.2) is 17.5 Å². The molecule has 13 aromatic rings. The van der Waals surface area contributed by atoms with E-state index in [1.54, 1.807) is 0 Å². The third-order valence-electron chi connectivity index (χ3n) is 12.3. The van der Waals surface area contributed by atoms with Gasteiger partial charge < -0.3 is 8.83 Å². The summed E-state index contributed by atoms with van der Waals surface area (Å²) in [4.78, 5) is 15.8. The second-order valence-corrected chi connectivity index (χ2v) is 15.9. The minimum Gasteiger partial charge on any atom is -0.456 e. The Labute approximate surface area is 355 Å². The third kappa shape index (κ3) is 5.52. The van der Waals surface area contributed by atoms with Crippen LogP contribution in [0.15, 0.2) is 209 Å². The molecule has 0 aliphatic heterocycles. The van der Waals surface area contributed by atoms with Crippen LogP contribution in [0.5, 0.6) is 0 Å². The van der Waals surface area contributed by atoms with Gasteiger partial charge in [-0.3, -0.25) is 0 Å². The molecule has 62 heavy (non-hydrogen) atoms. The molecule has 0 aliphatic carbocycles. The van der Waals surface area contributed by atoms with E-state index in [1.807, 2.05) is 36.4 Å². The largest absolute Gasteiger partial charge is 0.456 e. The highest BCUT2D eigenvalue weighted by atomic mass is 16.3. The fourth-order valence-electron chi connectivity index (χ4n) is 9.29. The molecular weight excluding hydrogens is 759 g/mol. The molecule has 0 amide bonds. The van der Waals surface area contributed by atoms with E-state index in [1.165, 1.54) is 5.56 Å². The summed E-state index contributed by atoms with van der Waals surface area (Å²) in [6.07, 6.45) is 0. The van der Waals surface area contributed by atoms with E-state index in [2.05, 4.69) is 164 Å². The molecule has 10 aromatic carbocycles. The molecular formula is C57H33N3O2. The number of benzene rings is 10.